The second kappa shape index (κ2) is 4.54. The van der Waals surface area contributed by atoms with Crippen LogP contribution in [-0.2, 0) is 5.60 Å². The highest BCUT2D eigenvalue weighted by molar-refractivity contribution is 9.10. The Hall–Kier alpha value is -0.540. The Morgan fingerprint density at radius 3 is 2.40 bits per heavy atom. The van der Waals surface area contributed by atoms with E-state index in [1.807, 2.05) is 32.0 Å². The van der Waals surface area contributed by atoms with Gasteiger partial charge in [0.05, 0.1) is 11.7 Å². The molecule has 1 rings (SSSR count). The molecule has 0 aliphatic heterocycles. The molecule has 1 aromatic carbocycles. The van der Waals surface area contributed by atoms with E-state index in [0.717, 1.165) is 15.8 Å². The summed E-state index contributed by atoms with van der Waals surface area (Å²) in [4.78, 5) is 0. The molecule has 84 valence electrons. The van der Waals surface area contributed by atoms with Crippen molar-refractivity contribution in [3.05, 3.63) is 28.2 Å². The van der Waals surface area contributed by atoms with Crippen LogP contribution in [0.15, 0.2) is 22.7 Å². The van der Waals surface area contributed by atoms with Crippen molar-refractivity contribution in [2.45, 2.75) is 39.4 Å². The molecular weight excluding hydrogens is 256 g/mol. The third kappa shape index (κ3) is 3.50. The second-order valence-electron chi connectivity index (χ2n) is 4.37. The van der Waals surface area contributed by atoms with Gasteiger partial charge in [-0.2, -0.15) is 0 Å². The van der Waals surface area contributed by atoms with Crippen LogP contribution in [0, 0.1) is 0 Å². The fourth-order valence-electron chi connectivity index (χ4n) is 1.35. The van der Waals surface area contributed by atoms with Crippen LogP contribution in [0.2, 0.25) is 0 Å². The van der Waals surface area contributed by atoms with E-state index in [4.69, 9.17) is 4.74 Å². The first-order chi connectivity index (χ1) is 6.80. The number of hydrogen-bond donors (Lipinski definition) is 1. The van der Waals surface area contributed by atoms with Gasteiger partial charge in [0.1, 0.15) is 5.75 Å². The quantitative estimate of drug-likeness (QED) is 0.913. The third-order valence-electron chi connectivity index (χ3n) is 1.97. The lowest BCUT2D eigenvalue weighted by Gasteiger charge is -2.23. The van der Waals surface area contributed by atoms with Crippen molar-refractivity contribution >= 4 is 15.9 Å². The minimum Gasteiger partial charge on any atom is -0.491 e. The Kier molecular flexibility index (Phi) is 3.79. The predicted molar refractivity (Wildman–Crippen MR) is 65.2 cm³/mol. The van der Waals surface area contributed by atoms with Crippen molar-refractivity contribution in [3.63, 3.8) is 0 Å². The molecule has 0 aromatic heterocycles. The maximum absolute atomic E-state index is 9.98. The highest BCUT2D eigenvalue weighted by Gasteiger charge is 2.21. The van der Waals surface area contributed by atoms with Gasteiger partial charge in [-0.1, -0.05) is 22.0 Å². The molecule has 3 heteroatoms. The summed E-state index contributed by atoms with van der Waals surface area (Å²) < 4.78 is 6.61. The lowest BCUT2D eigenvalue weighted by atomic mass is 9.97. The summed E-state index contributed by atoms with van der Waals surface area (Å²) in [6.07, 6.45) is 0.0976. The van der Waals surface area contributed by atoms with Crippen molar-refractivity contribution in [2.24, 2.45) is 0 Å². The van der Waals surface area contributed by atoms with Crippen LogP contribution in [0.1, 0.15) is 33.3 Å². The molecular formula is C12H17BrO2. The zero-order valence-electron chi connectivity index (χ0n) is 9.54. The molecule has 0 amide bonds. The average molecular weight is 273 g/mol. The number of ether oxygens (including phenoxy) is 1. The van der Waals surface area contributed by atoms with Gasteiger partial charge in [0.25, 0.3) is 0 Å². The van der Waals surface area contributed by atoms with Gasteiger partial charge in [0.15, 0.2) is 0 Å². The van der Waals surface area contributed by atoms with Crippen LogP contribution in [-0.4, -0.2) is 11.2 Å². The molecule has 2 nitrogen and oxygen atoms in total. The number of aliphatic hydroxyl groups is 1. The lowest BCUT2D eigenvalue weighted by Crippen LogP contribution is -2.18. The molecule has 15 heavy (non-hydrogen) atoms. The zero-order chi connectivity index (χ0) is 11.6. The van der Waals surface area contributed by atoms with Crippen LogP contribution in [0.25, 0.3) is 0 Å². The van der Waals surface area contributed by atoms with E-state index in [2.05, 4.69) is 15.9 Å². The van der Waals surface area contributed by atoms with Gasteiger partial charge in [-0.3, -0.25) is 0 Å². The second-order valence-corrected chi connectivity index (χ2v) is 5.28. The third-order valence-corrected chi connectivity index (χ3v) is 2.46. The normalized spacial score (nSPS) is 11.9. The van der Waals surface area contributed by atoms with Gasteiger partial charge in [0, 0.05) is 10.0 Å². The lowest BCUT2D eigenvalue weighted by molar-refractivity contribution is 0.0732. The van der Waals surface area contributed by atoms with Gasteiger partial charge in [0.2, 0.25) is 0 Å². The Bertz CT molecular complexity index is 340. The fourth-order valence-corrected chi connectivity index (χ4v) is 1.69. The summed E-state index contributed by atoms with van der Waals surface area (Å²) >= 11 is 3.39. The van der Waals surface area contributed by atoms with Gasteiger partial charge in [-0.15, -0.1) is 0 Å². The van der Waals surface area contributed by atoms with Crippen molar-refractivity contribution < 1.29 is 9.84 Å². The first-order valence-corrected chi connectivity index (χ1v) is 5.79. The molecule has 0 unspecified atom stereocenters. The van der Waals surface area contributed by atoms with Crippen LogP contribution in [0.5, 0.6) is 5.75 Å². The number of benzene rings is 1. The Morgan fingerprint density at radius 2 is 1.93 bits per heavy atom. The molecule has 0 radical (unpaired) electrons. The van der Waals surface area contributed by atoms with Crippen molar-refractivity contribution in [2.75, 3.05) is 0 Å². The van der Waals surface area contributed by atoms with Crippen LogP contribution >= 0.6 is 15.9 Å². The van der Waals surface area contributed by atoms with E-state index in [9.17, 15) is 5.11 Å². The molecule has 0 saturated heterocycles. The Balaban J connectivity index is 3.15. The minimum atomic E-state index is -0.884. The maximum Gasteiger partial charge on any atom is 0.126 e. The van der Waals surface area contributed by atoms with Crippen molar-refractivity contribution in [1.29, 1.82) is 0 Å². The summed E-state index contributed by atoms with van der Waals surface area (Å²) in [5.41, 5.74) is -0.0790. The van der Waals surface area contributed by atoms with Gasteiger partial charge in [-0.05, 0) is 39.8 Å². The first-order valence-electron chi connectivity index (χ1n) is 5.00. The predicted octanol–water partition coefficient (Wildman–Crippen LogP) is 3.46. The highest BCUT2D eigenvalue weighted by Crippen LogP contribution is 2.32. The van der Waals surface area contributed by atoms with Crippen molar-refractivity contribution in [1.82, 2.24) is 0 Å². The average Bonchev–Trinajstić information content (AvgIpc) is 1.99. The summed E-state index contributed by atoms with van der Waals surface area (Å²) in [5.74, 6) is 0.729. The SMILES string of the molecule is CC(C)Oc1cc(Br)ccc1C(C)(C)O. The Labute approximate surface area is 99.4 Å². The van der Waals surface area contributed by atoms with Gasteiger partial charge in [-0.25, -0.2) is 0 Å². The maximum atomic E-state index is 9.98. The van der Waals surface area contributed by atoms with Gasteiger partial charge < -0.3 is 9.84 Å². The standard InChI is InChI=1S/C12H17BrO2/c1-8(2)15-11-7-9(13)5-6-10(11)12(3,4)14/h5-8,14H,1-4H3. The highest BCUT2D eigenvalue weighted by atomic mass is 79.9. The van der Waals surface area contributed by atoms with E-state index in [0.29, 0.717) is 0 Å². The van der Waals surface area contributed by atoms with Crippen LogP contribution in [0.3, 0.4) is 0 Å². The minimum absolute atomic E-state index is 0.0976. The topological polar surface area (TPSA) is 29.5 Å². The molecule has 0 aliphatic carbocycles. The zero-order valence-corrected chi connectivity index (χ0v) is 11.1. The van der Waals surface area contributed by atoms with E-state index in [1.165, 1.54) is 0 Å². The summed E-state index contributed by atoms with van der Waals surface area (Å²) in [6, 6.07) is 5.66. The first kappa shape index (κ1) is 12.5. The summed E-state index contributed by atoms with van der Waals surface area (Å²) in [5, 5.41) is 9.98. The summed E-state index contributed by atoms with van der Waals surface area (Å²) in [6.45, 7) is 7.44. The molecule has 0 aliphatic rings. The Morgan fingerprint density at radius 1 is 1.33 bits per heavy atom. The monoisotopic (exact) mass is 272 g/mol. The molecule has 0 atom stereocenters. The molecule has 1 N–H and O–H groups in total. The van der Waals surface area contributed by atoms with Crippen molar-refractivity contribution in [3.8, 4) is 5.75 Å². The van der Waals surface area contributed by atoms with Crippen LogP contribution in [0.4, 0.5) is 0 Å². The van der Waals surface area contributed by atoms with E-state index in [-0.39, 0.29) is 6.10 Å². The smallest absolute Gasteiger partial charge is 0.126 e. The molecule has 0 saturated carbocycles. The van der Waals surface area contributed by atoms with E-state index < -0.39 is 5.60 Å². The number of rotatable bonds is 3. The largest absolute Gasteiger partial charge is 0.491 e. The molecule has 0 fully saturated rings. The van der Waals surface area contributed by atoms with E-state index >= 15 is 0 Å². The van der Waals surface area contributed by atoms with Crippen LogP contribution < -0.4 is 4.74 Å². The number of halogens is 1. The molecule has 0 heterocycles. The van der Waals surface area contributed by atoms with Gasteiger partial charge >= 0.3 is 0 Å². The molecule has 0 spiro atoms. The fraction of sp³-hybridized carbons (Fsp3) is 0.500. The number of hydrogen-bond acceptors (Lipinski definition) is 2. The molecule has 1 aromatic rings. The molecule has 0 bridgehead atoms. The summed E-state index contributed by atoms with van der Waals surface area (Å²) in [7, 11) is 0. The van der Waals surface area contributed by atoms with E-state index in [1.54, 1.807) is 13.8 Å².